The summed E-state index contributed by atoms with van der Waals surface area (Å²) in [4.78, 5) is 39.3. The number of likely N-dealkylation sites (N-methyl/N-ethyl adjacent to an activating group) is 1. The van der Waals surface area contributed by atoms with Crippen molar-refractivity contribution >= 4 is 29.2 Å². The first-order valence-electron chi connectivity index (χ1n) is 10.2. The van der Waals surface area contributed by atoms with Crippen molar-refractivity contribution in [2.45, 2.75) is 19.5 Å². The predicted octanol–water partition coefficient (Wildman–Crippen LogP) is 3.05. The van der Waals surface area contributed by atoms with Gasteiger partial charge in [0.05, 0.1) is 23.0 Å². The minimum Gasteiger partial charge on any atom is -0.343 e. The minimum atomic E-state index is -4.52. The smallest absolute Gasteiger partial charge is 0.343 e. The van der Waals surface area contributed by atoms with E-state index in [1.807, 2.05) is 6.07 Å². The lowest BCUT2D eigenvalue weighted by molar-refractivity contribution is -0.137. The number of nitrogens with zero attached hydrogens (tertiary/aromatic N) is 4. The molecule has 0 aliphatic carbocycles. The number of benzene rings is 1. The second kappa shape index (κ2) is 9.48. The van der Waals surface area contributed by atoms with Crippen LogP contribution in [0.15, 0.2) is 35.3 Å². The van der Waals surface area contributed by atoms with Gasteiger partial charge in [0.2, 0.25) is 5.91 Å². The first-order valence-corrected chi connectivity index (χ1v) is 10.2. The monoisotopic (exact) mass is 481 g/mol. The summed E-state index contributed by atoms with van der Waals surface area (Å²) in [5.74, 6) is 0.0720. The van der Waals surface area contributed by atoms with E-state index < -0.39 is 17.3 Å². The van der Waals surface area contributed by atoms with E-state index in [1.165, 1.54) is 0 Å². The number of amides is 1. The lowest BCUT2D eigenvalue weighted by atomic mass is 10.0. The summed E-state index contributed by atoms with van der Waals surface area (Å²) in [7, 11) is 1.79. The number of rotatable bonds is 4. The summed E-state index contributed by atoms with van der Waals surface area (Å²) in [6, 6.07) is 5.39. The SMILES string of the molecule is Cc1cc(CCN2CCN(C)C(=O)C2)cc2c(=O)[nH]c(-c3cc(C(F)(F)F)ccn3)nc12.Cl. The Labute approximate surface area is 194 Å². The number of aryl methyl sites for hydroxylation is 1. The van der Waals surface area contributed by atoms with Crippen LogP contribution in [0.1, 0.15) is 16.7 Å². The zero-order valence-corrected chi connectivity index (χ0v) is 18.9. The zero-order valence-electron chi connectivity index (χ0n) is 18.1. The molecule has 11 heteroatoms. The lowest BCUT2D eigenvalue weighted by Crippen LogP contribution is -2.48. The van der Waals surface area contributed by atoms with Gasteiger partial charge in [0.15, 0.2) is 5.82 Å². The van der Waals surface area contributed by atoms with Gasteiger partial charge in [-0.2, -0.15) is 13.2 Å². The highest BCUT2D eigenvalue weighted by Crippen LogP contribution is 2.30. The molecule has 33 heavy (non-hydrogen) atoms. The number of H-pyrrole nitrogens is 1. The summed E-state index contributed by atoms with van der Waals surface area (Å²) < 4.78 is 39.1. The molecule has 3 aromatic rings. The van der Waals surface area contributed by atoms with Crippen LogP contribution in [-0.2, 0) is 17.4 Å². The van der Waals surface area contributed by atoms with Crippen LogP contribution in [0.3, 0.4) is 0 Å². The number of fused-ring (bicyclic) bond motifs is 1. The Hall–Kier alpha value is -2.98. The number of carbonyl (C=O) groups excluding carboxylic acids is 1. The number of piperazine rings is 1. The van der Waals surface area contributed by atoms with E-state index >= 15 is 0 Å². The number of nitrogens with one attached hydrogen (secondary N) is 1. The number of hydrogen-bond donors (Lipinski definition) is 1. The maximum absolute atomic E-state index is 13.0. The number of pyridine rings is 1. The molecule has 0 radical (unpaired) electrons. The third kappa shape index (κ3) is 5.33. The molecule has 176 valence electrons. The van der Waals surface area contributed by atoms with Gasteiger partial charge in [-0.15, -0.1) is 12.4 Å². The summed E-state index contributed by atoms with van der Waals surface area (Å²) >= 11 is 0. The fourth-order valence-electron chi connectivity index (χ4n) is 3.78. The van der Waals surface area contributed by atoms with Crippen LogP contribution >= 0.6 is 12.4 Å². The van der Waals surface area contributed by atoms with Gasteiger partial charge in [0.25, 0.3) is 5.56 Å². The first-order chi connectivity index (χ1) is 15.1. The van der Waals surface area contributed by atoms with Gasteiger partial charge in [-0.3, -0.25) is 19.5 Å². The molecule has 1 aliphatic rings. The second-order valence-electron chi connectivity index (χ2n) is 7.99. The van der Waals surface area contributed by atoms with Gasteiger partial charge in [-0.1, -0.05) is 6.07 Å². The maximum Gasteiger partial charge on any atom is 0.416 e. The molecule has 1 aliphatic heterocycles. The highest BCUT2D eigenvalue weighted by molar-refractivity contribution is 5.85. The Bertz CT molecular complexity index is 1240. The van der Waals surface area contributed by atoms with Crippen LogP contribution in [-0.4, -0.2) is 63.9 Å². The molecule has 0 spiro atoms. The Morgan fingerprint density at radius 1 is 1.15 bits per heavy atom. The molecule has 0 bridgehead atoms. The third-order valence-electron chi connectivity index (χ3n) is 5.64. The highest BCUT2D eigenvalue weighted by Gasteiger charge is 2.31. The van der Waals surface area contributed by atoms with Crippen molar-refractivity contribution in [3.8, 4) is 11.5 Å². The van der Waals surface area contributed by atoms with Crippen molar-refractivity contribution in [1.29, 1.82) is 0 Å². The zero-order chi connectivity index (χ0) is 23.0. The first kappa shape index (κ1) is 24.7. The minimum absolute atomic E-state index is 0. The van der Waals surface area contributed by atoms with E-state index in [-0.39, 0.29) is 29.8 Å². The van der Waals surface area contributed by atoms with Crippen LogP contribution in [0.4, 0.5) is 13.2 Å². The summed E-state index contributed by atoms with van der Waals surface area (Å²) in [5, 5.41) is 0.366. The number of carbonyl (C=O) groups is 1. The van der Waals surface area contributed by atoms with Crippen LogP contribution in [0.25, 0.3) is 22.4 Å². The molecular weight excluding hydrogens is 459 g/mol. The Morgan fingerprint density at radius 3 is 2.61 bits per heavy atom. The maximum atomic E-state index is 13.0. The van der Waals surface area contributed by atoms with Gasteiger partial charge in [-0.25, -0.2) is 4.98 Å². The van der Waals surface area contributed by atoms with Crippen LogP contribution in [0.5, 0.6) is 0 Å². The van der Waals surface area contributed by atoms with Gasteiger partial charge < -0.3 is 9.88 Å². The standard InChI is InChI=1S/C22H22F3N5O2.ClH/c1-13-9-14(4-6-30-8-7-29(2)18(31)12-30)10-16-19(13)27-20(28-21(16)32)17-11-15(3-5-26-17)22(23,24)25;/h3,5,9-11H,4,6-8,12H2,1-2H3,(H,27,28,32);1H. The van der Waals surface area contributed by atoms with Crippen LogP contribution < -0.4 is 5.56 Å². The molecule has 0 unspecified atom stereocenters. The number of aromatic amines is 1. The van der Waals surface area contributed by atoms with Gasteiger partial charge in [-0.05, 0) is 42.7 Å². The number of aromatic nitrogens is 3. The van der Waals surface area contributed by atoms with Crippen molar-refractivity contribution in [2.75, 3.05) is 33.2 Å². The highest BCUT2D eigenvalue weighted by atomic mass is 35.5. The number of halogens is 4. The third-order valence-corrected chi connectivity index (χ3v) is 5.64. The van der Waals surface area contributed by atoms with Gasteiger partial charge in [0, 0.05) is 32.9 Å². The summed E-state index contributed by atoms with van der Waals surface area (Å²) in [6.45, 7) is 4.34. The van der Waals surface area contributed by atoms with E-state index in [0.29, 0.717) is 37.0 Å². The molecule has 3 heterocycles. The molecule has 7 nitrogen and oxygen atoms in total. The lowest BCUT2D eigenvalue weighted by Gasteiger charge is -2.31. The molecule has 1 aromatic carbocycles. The molecule has 0 saturated carbocycles. The van der Waals surface area contributed by atoms with Crippen molar-refractivity contribution in [2.24, 2.45) is 0 Å². The quantitative estimate of drug-likeness (QED) is 0.619. The van der Waals surface area contributed by atoms with Crippen LogP contribution in [0.2, 0.25) is 0 Å². The Kier molecular flexibility index (Phi) is 7.08. The van der Waals surface area contributed by atoms with E-state index in [4.69, 9.17) is 0 Å². The van der Waals surface area contributed by atoms with E-state index in [9.17, 15) is 22.8 Å². The van der Waals surface area contributed by atoms with E-state index in [2.05, 4.69) is 19.9 Å². The molecule has 1 N–H and O–H groups in total. The summed E-state index contributed by atoms with van der Waals surface area (Å²) in [5.41, 5.74) is 0.733. The Morgan fingerprint density at radius 2 is 1.91 bits per heavy atom. The van der Waals surface area contributed by atoms with E-state index in [0.717, 1.165) is 36.0 Å². The predicted molar refractivity (Wildman–Crippen MR) is 120 cm³/mol. The second-order valence-corrected chi connectivity index (χ2v) is 7.99. The molecular formula is C22H23ClF3N5O2. The molecule has 0 atom stereocenters. The Balaban J connectivity index is 0.00000306. The fraction of sp³-hybridized carbons (Fsp3) is 0.364. The van der Waals surface area contributed by atoms with Gasteiger partial charge in [0.1, 0.15) is 5.69 Å². The normalized spacial score (nSPS) is 15.1. The molecule has 1 saturated heterocycles. The molecule has 1 fully saturated rings. The van der Waals surface area contributed by atoms with Crippen molar-refractivity contribution < 1.29 is 18.0 Å². The van der Waals surface area contributed by atoms with Crippen molar-refractivity contribution in [1.82, 2.24) is 24.8 Å². The largest absolute Gasteiger partial charge is 0.416 e. The van der Waals surface area contributed by atoms with E-state index in [1.54, 1.807) is 24.9 Å². The average molecular weight is 482 g/mol. The molecule has 4 rings (SSSR count). The molecule has 2 aromatic heterocycles. The summed E-state index contributed by atoms with van der Waals surface area (Å²) in [6.07, 6.45) is -2.82. The number of alkyl halides is 3. The average Bonchev–Trinajstić information content (AvgIpc) is 2.74. The van der Waals surface area contributed by atoms with Crippen LogP contribution in [0, 0.1) is 6.92 Å². The van der Waals surface area contributed by atoms with Gasteiger partial charge >= 0.3 is 6.18 Å². The van der Waals surface area contributed by atoms with Crippen molar-refractivity contribution in [3.63, 3.8) is 0 Å². The molecule has 1 amide bonds. The fourth-order valence-corrected chi connectivity index (χ4v) is 3.78. The number of hydrogen-bond acceptors (Lipinski definition) is 5. The van der Waals surface area contributed by atoms with Crippen molar-refractivity contribution in [3.05, 3.63) is 57.5 Å². The topological polar surface area (TPSA) is 82.2 Å².